The Kier molecular flexibility index (Phi) is 5.04. The van der Waals surface area contributed by atoms with E-state index in [-0.39, 0.29) is 38.7 Å². The van der Waals surface area contributed by atoms with Crippen LogP contribution in [0.1, 0.15) is 10.4 Å². The lowest BCUT2D eigenvalue weighted by atomic mass is 10.1. The summed E-state index contributed by atoms with van der Waals surface area (Å²) in [4.78, 5) is 24.8. The van der Waals surface area contributed by atoms with Crippen molar-refractivity contribution in [2.24, 2.45) is 5.73 Å². The SMILES string of the molecule is CNc1cc2c(cc1F)C(=O)N(c1cc(S(=O)(=O)NC(N)=O)sc1OC)CO2. The van der Waals surface area contributed by atoms with Gasteiger partial charge in [-0.05, 0) is 12.1 Å². The van der Waals surface area contributed by atoms with Crippen LogP contribution in [-0.4, -0.2) is 41.2 Å². The highest BCUT2D eigenvalue weighted by atomic mass is 32.2. The molecule has 0 bridgehead atoms. The molecule has 2 aromatic rings. The number of urea groups is 1. The molecule has 0 unspecified atom stereocenters. The van der Waals surface area contributed by atoms with Crippen molar-refractivity contribution in [1.82, 2.24) is 4.72 Å². The largest absolute Gasteiger partial charge is 0.486 e. The first-order valence-electron chi connectivity index (χ1n) is 7.64. The molecule has 150 valence electrons. The average molecular weight is 430 g/mol. The van der Waals surface area contributed by atoms with Crippen LogP contribution in [0.3, 0.4) is 0 Å². The van der Waals surface area contributed by atoms with E-state index in [1.165, 1.54) is 20.2 Å². The number of hydrogen-bond donors (Lipinski definition) is 3. The molecule has 1 aromatic heterocycles. The number of nitrogens with one attached hydrogen (secondary N) is 2. The molecular formula is C15H15FN4O6S2. The zero-order chi connectivity index (χ0) is 20.6. The molecule has 4 N–H and O–H groups in total. The van der Waals surface area contributed by atoms with E-state index >= 15 is 0 Å². The molecule has 2 heterocycles. The number of primary amides is 1. The molecule has 13 heteroatoms. The van der Waals surface area contributed by atoms with Gasteiger partial charge in [0.15, 0.2) is 11.8 Å². The highest BCUT2D eigenvalue weighted by Gasteiger charge is 2.33. The highest BCUT2D eigenvalue weighted by molar-refractivity contribution is 7.92. The topological polar surface area (TPSA) is 140 Å². The Bertz CT molecular complexity index is 1070. The fourth-order valence-corrected chi connectivity index (χ4v) is 4.68. The van der Waals surface area contributed by atoms with Crippen LogP contribution in [0.25, 0.3) is 0 Å². The van der Waals surface area contributed by atoms with Gasteiger partial charge in [-0.25, -0.2) is 22.3 Å². The molecule has 28 heavy (non-hydrogen) atoms. The van der Waals surface area contributed by atoms with Crippen molar-refractivity contribution in [3.8, 4) is 10.8 Å². The standard InChI is InChI=1S/C15H15FN4O6S2/c1-18-9-4-11-7(3-8(9)16)13(21)20(6-26-11)10-5-12(27-14(10)25-2)28(23,24)19-15(17)22/h3-5,18H,6H2,1-2H3,(H3,17,19,22). The van der Waals surface area contributed by atoms with Gasteiger partial charge in [0.05, 0.1) is 18.4 Å². The first kappa shape index (κ1) is 19.7. The lowest BCUT2D eigenvalue weighted by Gasteiger charge is -2.28. The van der Waals surface area contributed by atoms with E-state index in [0.717, 1.165) is 17.0 Å². The maximum absolute atomic E-state index is 14.1. The number of rotatable bonds is 5. The number of carbonyl (C=O) groups is 2. The summed E-state index contributed by atoms with van der Waals surface area (Å²) >= 11 is 0.681. The lowest BCUT2D eigenvalue weighted by Crippen LogP contribution is -2.39. The number of methoxy groups -OCH3 is 1. The Labute approximate surface area is 163 Å². The predicted octanol–water partition coefficient (Wildman–Crippen LogP) is 1.29. The molecule has 0 atom stereocenters. The van der Waals surface area contributed by atoms with Gasteiger partial charge in [-0.1, -0.05) is 11.3 Å². The summed E-state index contributed by atoms with van der Waals surface area (Å²) in [7, 11) is -1.42. The number of thiophene rings is 1. The second-order valence-electron chi connectivity index (χ2n) is 5.50. The Morgan fingerprint density at radius 3 is 2.71 bits per heavy atom. The summed E-state index contributed by atoms with van der Waals surface area (Å²) in [6.45, 7) is -0.254. The Hall–Kier alpha value is -3.06. The summed E-state index contributed by atoms with van der Waals surface area (Å²) in [5, 5.41) is 2.73. The minimum absolute atomic E-state index is 0.0318. The number of halogens is 1. The van der Waals surface area contributed by atoms with Crippen molar-refractivity contribution < 1.29 is 31.9 Å². The summed E-state index contributed by atoms with van der Waals surface area (Å²) < 4.78 is 50.4. The number of fused-ring (bicyclic) bond motifs is 1. The van der Waals surface area contributed by atoms with E-state index in [4.69, 9.17) is 15.2 Å². The third-order valence-electron chi connectivity index (χ3n) is 3.80. The van der Waals surface area contributed by atoms with Gasteiger partial charge in [-0.2, -0.15) is 0 Å². The maximum Gasteiger partial charge on any atom is 0.326 e. The number of anilines is 2. The Balaban J connectivity index is 2.02. The van der Waals surface area contributed by atoms with E-state index in [2.05, 4.69) is 5.32 Å². The second-order valence-corrected chi connectivity index (χ2v) is 8.42. The van der Waals surface area contributed by atoms with Gasteiger partial charge in [-0.15, -0.1) is 0 Å². The van der Waals surface area contributed by atoms with Crippen molar-refractivity contribution >= 4 is 44.7 Å². The zero-order valence-electron chi connectivity index (χ0n) is 14.6. The van der Waals surface area contributed by atoms with E-state index in [0.29, 0.717) is 11.3 Å². The molecule has 0 fully saturated rings. The quantitative estimate of drug-likeness (QED) is 0.649. The smallest absolute Gasteiger partial charge is 0.326 e. The van der Waals surface area contributed by atoms with Gasteiger partial charge >= 0.3 is 6.03 Å². The van der Waals surface area contributed by atoms with Crippen LogP contribution in [-0.2, 0) is 10.0 Å². The molecule has 1 aromatic carbocycles. The van der Waals surface area contributed by atoms with Gasteiger partial charge in [0, 0.05) is 13.1 Å². The monoisotopic (exact) mass is 430 g/mol. The number of nitrogens with zero attached hydrogens (tertiary/aromatic N) is 1. The minimum atomic E-state index is -4.24. The molecule has 0 radical (unpaired) electrons. The first-order chi connectivity index (χ1) is 13.2. The van der Waals surface area contributed by atoms with Crippen molar-refractivity contribution in [3.63, 3.8) is 0 Å². The number of nitrogens with two attached hydrogens (primary N) is 1. The van der Waals surface area contributed by atoms with Crippen LogP contribution in [0.15, 0.2) is 22.4 Å². The van der Waals surface area contributed by atoms with Gasteiger partial charge in [-0.3, -0.25) is 9.69 Å². The summed E-state index contributed by atoms with van der Waals surface area (Å²) in [6.07, 6.45) is 0. The van der Waals surface area contributed by atoms with E-state index in [1.807, 2.05) is 0 Å². The molecule has 3 rings (SSSR count). The Morgan fingerprint density at radius 2 is 2.11 bits per heavy atom. The van der Waals surface area contributed by atoms with Crippen molar-refractivity contribution in [1.29, 1.82) is 0 Å². The minimum Gasteiger partial charge on any atom is -0.486 e. The highest BCUT2D eigenvalue weighted by Crippen LogP contribution is 2.42. The van der Waals surface area contributed by atoms with Crippen LogP contribution in [0.2, 0.25) is 0 Å². The van der Waals surface area contributed by atoms with E-state index < -0.39 is 27.8 Å². The predicted molar refractivity (Wildman–Crippen MR) is 99.0 cm³/mol. The summed E-state index contributed by atoms with van der Waals surface area (Å²) in [5.41, 5.74) is 5.09. The van der Waals surface area contributed by atoms with Crippen LogP contribution in [0, 0.1) is 5.82 Å². The van der Waals surface area contributed by atoms with Crippen molar-refractivity contribution in [2.75, 3.05) is 31.1 Å². The van der Waals surface area contributed by atoms with Crippen molar-refractivity contribution in [2.45, 2.75) is 4.21 Å². The molecule has 0 spiro atoms. The first-order valence-corrected chi connectivity index (χ1v) is 9.94. The molecule has 0 aliphatic carbocycles. The fraction of sp³-hybridized carbons (Fsp3) is 0.200. The molecule has 0 saturated heterocycles. The van der Waals surface area contributed by atoms with Gasteiger partial charge in [0.2, 0.25) is 0 Å². The molecule has 3 amide bonds. The molecule has 1 aliphatic rings. The summed E-state index contributed by atoms with van der Waals surface area (Å²) in [6, 6.07) is 2.27. The third kappa shape index (κ3) is 3.41. The molecule has 0 saturated carbocycles. The summed E-state index contributed by atoms with van der Waals surface area (Å²) in [5.74, 6) is -1.07. The van der Waals surface area contributed by atoms with Crippen LogP contribution >= 0.6 is 11.3 Å². The van der Waals surface area contributed by atoms with Gasteiger partial charge in [0.1, 0.15) is 21.5 Å². The van der Waals surface area contributed by atoms with Crippen LogP contribution < -0.4 is 30.1 Å². The maximum atomic E-state index is 14.1. The normalized spacial score (nSPS) is 13.5. The lowest BCUT2D eigenvalue weighted by molar-refractivity contribution is 0.0935. The number of benzene rings is 1. The number of hydrogen-bond acceptors (Lipinski definition) is 8. The number of amides is 3. The van der Waals surface area contributed by atoms with Crippen LogP contribution in [0.4, 0.5) is 20.6 Å². The van der Waals surface area contributed by atoms with Gasteiger partial charge < -0.3 is 20.5 Å². The second kappa shape index (κ2) is 7.16. The van der Waals surface area contributed by atoms with Crippen LogP contribution in [0.5, 0.6) is 10.8 Å². The molecular weight excluding hydrogens is 415 g/mol. The number of carbonyl (C=O) groups excluding carboxylic acids is 2. The fourth-order valence-electron chi connectivity index (χ4n) is 2.54. The number of ether oxygens (including phenoxy) is 2. The Morgan fingerprint density at radius 1 is 1.39 bits per heavy atom. The zero-order valence-corrected chi connectivity index (χ0v) is 16.2. The number of sulfonamides is 1. The average Bonchev–Trinajstić information content (AvgIpc) is 3.06. The molecule has 1 aliphatic heterocycles. The van der Waals surface area contributed by atoms with E-state index in [9.17, 15) is 22.4 Å². The van der Waals surface area contributed by atoms with Crippen molar-refractivity contribution in [3.05, 3.63) is 29.6 Å². The van der Waals surface area contributed by atoms with E-state index in [1.54, 1.807) is 4.72 Å². The molecule has 10 nitrogen and oxygen atoms in total. The van der Waals surface area contributed by atoms with Gasteiger partial charge in [0.25, 0.3) is 15.9 Å². The third-order valence-corrected chi connectivity index (χ3v) is 6.70.